The molecular formula is C9H8FN3O3. The number of carbonyl (C=O) groups is 1. The molecule has 2 amide bonds. The molecule has 1 saturated heterocycles. The van der Waals surface area contributed by atoms with E-state index < -0.39 is 16.8 Å². The minimum Gasteiger partial charge on any atom is -0.336 e. The van der Waals surface area contributed by atoms with Gasteiger partial charge in [0.2, 0.25) is 0 Å². The van der Waals surface area contributed by atoms with Crippen LogP contribution in [0.15, 0.2) is 18.2 Å². The van der Waals surface area contributed by atoms with E-state index in [1.807, 2.05) is 0 Å². The minimum atomic E-state index is -0.650. The molecule has 1 heterocycles. The number of halogens is 1. The first-order chi connectivity index (χ1) is 7.59. The van der Waals surface area contributed by atoms with Gasteiger partial charge in [-0.25, -0.2) is 9.18 Å². The summed E-state index contributed by atoms with van der Waals surface area (Å²) in [4.78, 5) is 22.3. The van der Waals surface area contributed by atoms with Crippen LogP contribution in [0, 0.1) is 15.9 Å². The molecule has 0 atom stereocenters. The molecule has 2 rings (SSSR count). The van der Waals surface area contributed by atoms with Crippen molar-refractivity contribution in [3.8, 4) is 0 Å². The summed E-state index contributed by atoms with van der Waals surface area (Å²) in [5, 5.41) is 13.0. The van der Waals surface area contributed by atoms with Gasteiger partial charge in [0, 0.05) is 25.2 Å². The van der Waals surface area contributed by atoms with E-state index >= 15 is 0 Å². The Hall–Kier alpha value is -2.18. The Morgan fingerprint density at radius 1 is 1.50 bits per heavy atom. The number of benzene rings is 1. The van der Waals surface area contributed by atoms with E-state index in [2.05, 4.69) is 5.32 Å². The third kappa shape index (κ3) is 1.67. The average Bonchev–Trinajstić information content (AvgIpc) is 2.65. The lowest BCUT2D eigenvalue weighted by atomic mass is 10.2. The van der Waals surface area contributed by atoms with E-state index in [0.717, 1.165) is 23.1 Å². The number of hydrogen-bond acceptors (Lipinski definition) is 3. The van der Waals surface area contributed by atoms with Gasteiger partial charge in [-0.05, 0) is 6.07 Å². The molecule has 0 unspecified atom stereocenters. The maximum atomic E-state index is 13.4. The Kier molecular flexibility index (Phi) is 2.43. The highest BCUT2D eigenvalue weighted by molar-refractivity contribution is 5.94. The van der Waals surface area contributed by atoms with Crippen LogP contribution in [0.3, 0.4) is 0 Å². The predicted molar refractivity (Wildman–Crippen MR) is 53.8 cm³/mol. The number of nitro groups is 1. The first kappa shape index (κ1) is 10.3. The van der Waals surface area contributed by atoms with Crippen LogP contribution in [0.25, 0.3) is 0 Å². The van der Waals surface area contributed by atoms with Crippen LogP contribution in [0.1, 0.15) is 0 Å². The minimum absolute atomic E-state index is 0.0656. The van der Waals surface area contributed by atoms with E-state index in [-0.39, 0.29) is 11.4 Å². The molecule has 84 valence electrons. The Labute approximate surface area is 89.8 Å². The number of hydrogen-bond donors (Lipinski definition) is 1. The van der Waals surface area contributed by atoms with Crippen LogP contribution in [-0.4, -0.2) is 24.0 Å². The molecule has 1 aromatic rings. The zero-order valence-corrected chi connectivity index (χ0v) is 8.14. The summed E-state index contributed by atoms with van der Waals surface area (Å²) in [6.07, 6.45) is 0. The second kappa shape index (κ2) is 3.76. The number of amides is 2. The number of carbonyl (C=O) groups excluding carboxylic acids is 1. The van der Waals surface area contributed by atoms with Crippen molar-refractivity contribution >= 4 is 17.4 Å². The van der Waals surface area contributed by atoms with Crippen molar-refractivity contribution in [1.82, 2.24) is 5.32 Å². The van der Waals surface area contributed by atoms with E-state index in [9.17, 15) is 19.3 Å². The van der Waals surface area contributed by atoms with Crippen LogP contribution >= 0.6 is 0 Å². The summed E-state index contributed by atoms with van der Waals surface area (Å²) >= 11 is 0. The van der Waals surface area contributed by atoms with Crippen LogP contribution in [0.2, 0.25) is 0 Å². The predicted octanol–water partition coefficient (Wildman–Crippen LogP) is 1.26. The maximum absolute atomic E-state index is 13.4. The second-order valence-electron chi connectivity index (χ2n) is 3.28. The number of nitrogens with one attached hydrogen (secondary N) is 1. The molecule has 0 radical (unpaired) electrons. The zero-order valence-electron chi connectivity index (χ0n) is 8.14. The van der Waals surface area contributed by atoms with E-state index in [4.69, 9.17) is 0 Å². The summed E-state index contributed by atoms with van der Waals surface area (Å²) in [6, 6.07) is 2.66. The highest BCUT2D eigenvalue weighted by atomic mass is 19.1. The molecule has 0 aromatic heterocycles. The standard InChI is InChI=1S/C9H8FN3O3/c10-7-2-1-6(13(15)16)5-8(7)12-4-3-11-9(12)14/h1-2,5H,3-4H2,(H,11,14). The van der Waals surface area contributed by atoms with Gasteiger partial charge in [-0.2, -0.15) is 0 Å². The van der Waals surface area contributed by atoms with Gasteiger partial charge in [0.25, 0.3) is 5.69 Å². The van der Waals surface area contributed by atoms with E-state index in [1.54, 1.807) is 0 Å². The van der Waals surface area contributed by atoms with Gasteiger partial charge in [0.15, 0.2) is 0 Å². The number of nitro benzene ring substituents is 1. The Bertz CT molecular complexity index is 463. The molecule has 0 bridgehead atoms. The summed E-state index contributed by atoms with van der Waals surface area (Å²) < 4.78 is 13.4. The van der Waals surface area contributed by atoms with E-state index in [0.29, 0.717) is 13.1 Å². The molecular weight excluding hydrogens is 217 g/mol. The highest BCUT2D eigenvalue weighted by Gasteiger charge is 2.25. The molecule has 6 nitrogen and oxygen atoms in total. The third-order valence-corrected chi connectivity index (χ3v) is 2.29. The zero-order chi connectivity index (χ0) is 11.7. The molecule has 0 saturated carbocycles. The van der Waals surface area contributed by atoms with Gasteiger partial charge >= 0.3 is 6.03 Å². The Morgan fingerprint density at radius 2 is 2.25 bits per heavy atom. The van der Waals surface area contributed by atoms with Gasteiger partial charge in [-0.3, -0.25) is 15.0 Å². The summed E-state index contributed by atoms with van der Waals surface area (Å²) in [5.41, 5.74) is -0.305. The van der Waals surface area contributed by atoms with E-state index in [1.165, 1.54) is 0 Å². The SMILES string of the molecule is O=C1NCCN1c1cc([N+](=O)[O-])ccc1F. The molecule has 1 fully saturated rings. The Balaban J connectivity index is 2.42. The molecule has 7 heteroatoms. The summed E-state index contributed by atoms with van der Waals surface area (Å²) in [6.45, 7) is 0.706. The topological polar surface area (TPSA) is 75.5 Å². The van der Waals surface area contributed by atoms with Crippen LogP contribution < -0.4 is 10.2 Å². The lowest BCUT2D eigenvalue weighted by Gasteiger charge is -2.14. The lowest BCUT2D eigenvalue weighted by Crippen LogP contribution is -2.28. The number of nitrogens with zero attached hydrogens (tertiary/aromatic N) is 2. The van der Waals surface area contributed by atoms with Crippen molar-refractivity contribution in [2.24, 2.45) is 0 Å². The number of rotatable bonds is 2. The van der Waals surface area contributed by atoms with Crippen molar-refractivity contribution in [2.45, 2.75) is 0 Å². The fourth-order valence-corrected chi connectivity index (χ4v) is 1.52. The Morgan fingerprint density at radius 3 is 2.81 bits per heavy atom. The van der Waals surface area contributed by atoms with Gasteiger partial charge in [-0.15, -0.1) is 0 Å². The largest absolute Gasteiger partial charge is 0.336 e. The van der Waals surface area contributed by atoms with Crippen LogP contribution in [-0.2, 0) is 0 Å². The van der Waals surface area contributed by atoms with Crippen molar-refractivity contribution in [3.05, 3.63) is 34.1 Å². The van der Waals surface area contributed by atoms with Crippen molar-refractivity contribution < 1.29 is 14.1 Å². The lowest BCUT2D eigenvalue weighted by molar-refractivity contribution is -0.384. The van der Waals surface area contributed by atoms with Crippen molar-refractivity contribution in [2.75, 3.05) is 18.0 Å². The van der Waals surface area contributed by atoms with Gasteiger partial charge in [0.1, 0.15) is 5.82 Å². The van der Waals surface area contributed by atoms with Crippen LogP contribution in [0.5, 0.6) is 0 Å². The van der Waals surface area contributed by atoms with Crippen LogP contribution in [0.4, 0.5) is 20.6 Å². The van der Waals surface area contributed by atoms with Gasteiger partial charge in [0.05, 0.1) is 10.6 Å². The number of anilines is 1. The number of non-ortho nitro benzene ring substituents is 1. The highest BCUT2D eigenvalue weighted by Crippen LogP contribution is 2.25. The third-order valence-electron chi connectivity index (χ3n) is 2.29. The first-order valence-corrected chi connectivity index (χ1v) is 4.59. The molecule has 0 aliphatic carbocycles. The quantitative estimate of drug-likeness (QED) is 0.608. The molecule has 1 aromatic carbocycles. The molecule has 0 spiro atoms. The smallest absolute Gasteiger partial charge is 0.322 e. The first-order valence-electron chi connectivity index (χ1n) is 4.59. The summed E-state index contributed by atoms with van der Waals surface area (Å²) in [7, 11) is 0. The summed E-state index contributed by atoms with van der Waals surface area (Å²) in [5.74, 6) is -0.650. The fraction of sp³-hybridized carbons (Fsp3) is 0.222. The second-order valence-corrected chi connectivity index (χ2v) is 3.28. The fourth-order valence-electron chi connectivity index (χ4n) is 1.52. The van der Waals surface area contributed by atoms with Gasteiger partial charge in [-0.1, -0.05) is 0 Å². The monoisotopic (exact) mass is 225 g/mol. The molecule has 1 aliphatic rings. The normalized spacial score (nSPS) is 15.1. The molecule has 1 N–H and O–H groups in total. The van der Waals surface area contributed by atoms with Gasteiger partial charge < -0.3 is 5.32 Å². The number of urea groups is 1. The maximum Gasteiger partial charge on any atom is 0.322 e. The molecule has 1 aliphatic heterocycles. The molecule has 16 heavy (non-hydrogen) atoms. The van der Waals surface area contributed by atoms with Crippen molar-refractivity contribution in [1.29, 1.82) is 0 Å². The van der Waals surface area contributed by atoms with Crippen molar-refractivity contribution in [3.63, 3.8) is 0 Å². The average molecular weight is 225 g/mol.